The van der Waals surface area contributed by atoms with Crippen LogP contribution in [0.25, 0.3) is 0 Å². The average Bonchev–Trinajstić information content (AvgIpc) is 2.37. The highest BCUT2D eigenvalue weighted by Crippen LogP contribution is 2.10. The number of rotatable bonds is 4. The molecule has 1 rings (SSSR count). The molecule has 1 fully saturated rings. The predicted molar refractivity (Wildman–Crippen MR) is 73.8 cm³/mol. The molecule has 18 heavy (non-hydrogen) atoms. The van der Waals surface area contributed by atoms with Crippen molar-refractivity contribution in [2.24, 2.45) is 5.92 Å². The first kappa shape index (κ1) is 17.2. The van der Waals surface area contributed by atoms with Crippen LogP contribution in [0.3, 0.4) is 0 Å². The van der Waals surface area contributed by atoms with E-state index in [1.54, 1.807) is 19.0 Å². The smallest absolute Gasteiger partial charge is 0.239 e. The summed E-state index contributed by atoms with van der Waals surface area (Å²) in [6.07, 6.45) is 3.14. The van der Waals surface area contributed by atoms with Crippen LogP contribution in [0.4, 0.5) is 0 Å². The van der Waals surface area contributed by atoms with Gasteiger partial charge in [0.05, 0.1) is 12.0 Å². The summed E-state index contributed by atoms with van der Waals surface area (Å²) in [5, 5.41) is 5.82. The van der Waals surface area contributed by atoms with E-state index in [2.05, 4.69) is 10.6 Å². The second-order valence-corrected chi connectivity index (χ2v) is 4.74. The van der Waals surface area contributed by atoms with Gasteiger partial charge in [0.25, 0.3) is 0 Å². The molecule has 0 saturated carbocycles. The summed E-state index contributed by atoms with van der Waals surface area (Å²) in [7, 11) is 3.38. The van der Waals surface area contributed by atoms with Crippen molar-refractivity contribution in [3.63, 3.8) is 0 Å². The zero-order valence-corrected chi connectivity index (χ0v) is 12.2. The Bertz CT molecular complexity index is 280. The molecule has 5 nitrogen and oxygen atoms in total. The molecule has 1 saturated heterocycles. The van der Waals surface area contributed by atoms with Gasteiger partial charge in [-0.25, -0.2) is 0 Å². The fraction of sp³-hybridized carbons (Fsp3) is 0.833. The number of hydrogen-bond acceptors (Lipinski definition) is 3. The molecule has 0 aliphatic carbocycles. The molecule has 0 spiro atoms. The van der Waals surface area contributed by atoms with Gasteiger partial charge in [-0.2, -0.15) is 0 Å². The van der Waals surface area contributed by atoms with Gasteiger partial charge in [-0.15, -0.1) is 12.4 Å². The van der Waals surface area contributed by atoms with Gasteiger partial charge in [0.1, 0.15) is 0 Å². The number of likely N-dealkylation sites (N-methyl/N-ethyl adjacent to an activating group) is 1. The van der Waals surface area contributed by atoms with E-state index < -0.39 is 0 Å². The summed E-state index contributed by atoms with van der Waals surface area (Å²) in [5.41, 5.74) is 0. The van der Waals surface area contributed by atoms with Gasteiger partial charge in [-0.05, 0) is 19.4 Å². The Labute approximate surface area is 115 Å². The van der Waals surface area contributed by atoms with Crippen molar-refractivity contribution in [3.8, 4) is 0 Å². The van der Waals surface area contributed by atoms with Crippen molar-refractivity contribution >= 4 is 24.2 Å². The third-order valence-corrected chi connectivity index (χ3v) is 3.23. The Morgan fingerprint density at radius 3 is 2.61 bits per heavy atom. The summed E-state index contributed by atoms with van der Waals surface area (Å²) >= 11 is 0. The minimum Gasteiger partial charge on any atom is -0.359 e. The van der Waals surface area contributed by atoms with E-state index in [1.165, 1.54) is 0 Å². The van der Waals surface area contributed by atoms with Crippen molar-refractivity contribution in [1.82, 2.24) is 15.5 Å². The first-order valence-electron chi connectivity index (χ1n) is 6.26. The molecular weight excluding hydrogens is 254 g/mol. The fourth-order valence-corrected chi connectivity index (χ4v) is 2.16. The van der Waals surface area contributed by atoms with Crippen LogP contribution in [0.15, 0.2) is 0 Å². The van der Waals surface area contributed by atoms with E-state index in [1.807, 2.05) is 6.92 Å². The zero-order chi connectivity index (χ0) is 12.8. The largest absolute Gasteiger partial charge is 0.359 e. The fourth-order valence-electron chi connectivity index (χ4n) is 2.16. The monoisotopic (exact) mass is 277 g/mol. The first-order valence-corrected chi connectivity index (χ1v) is 6.26. The van der Waals surface area contributed by atoms with E-state index in [4.69, 9.17) is 0 Å². The molecule has 0 aromatic carbocycles. The lowest BCUT2D eigenvalue weighted by atomic mass is 10.0. The highest BCUT2D eigenvalue weighted by molar-refractivity contribution is 5.85. The lowest BCUT2D eigenvalue weighted by Crippen LogP contribution is -2.49. The Morgan fingerprint density at radius 1 is 1.44 bits per heavy atom. The molecule has 1 aliphatic heterocycles. The predicted octanol–water partition coefficient (Wildman–Crippen LogP) is 0.391. The Kier molecular flexibility index (Phi) is 7.95. The molecule has 0 aromatic rings. The molecule has 2 atom stereocenters. The Morgan fingerprint density at radius 2 is 2.11 bits per heavy atom. The molecule has 2 unspecified atom stereocenters. The van der Waals surface area contributed by atoms with Crippen molar-refractivity contribution < 1.29 is 9.59 Å². The molecule has 0 radical (unpaired) electrons. The number of nitrogens with zero attached hydrogens (tertiary/aromatic N) is 1. The van der Waals surface area contributed by atoms with E-state index in [0.29, 0.717) is 6.54 Å². The number of halogens is 1. The van der Waals surface area contributed by atoms with Crippen LogP contribution in [0.1, 0.15) is 26.2 Å². The van der Waals surface area contributed by atoms with Gasteiger partial charge < -0.3 is 15.5 Å². The molecule has 2 N–H and O–H groups in total. The Hall–Kier alpha value is -0.810. The highest BCUT2D eigenvalue weighted by atomic mass is 35.5. The number of carbonyl (C=O) groups excluding carboxylic acids is 2. The number of piperidine rings is 1. The van der Waals surface area contributed by atoms with Gasteiger partial charge in [-0.1, -0.05) is 13.3 Å². The molecule has 0 bridgehead atoms. The zero-order valence-electron chi connectivity index (χ0n) is 11.4. The molecular formula is C12H24ClN3O2. The van der Waals surface area contributed by atoms with Crippen LogP contribution in [0.5, 0.6) is 0 Å². The van der Waals surface area contributed by atoms with Gasteiger partial charge in [0.15, 0.2) is 0 Å². The van der Waals surface area contributed by atoms with Gasteiger partial charge in [0, 0.05) is 20.6 Å². The molecule has 1 aliphatic rings. The van der Waals surface area contributed by atoms with Crippen LogP contribution in [-0.4, -0.2) is 49.9 Å². The minimum absolute atomic E-state index is 0. The van der Waals surface area contributed by atoms with Gasteiger partial charge in [-0.3, -0.25) is 9.59 Å². The summed E-state index contributed by atoms with van der Waals surface area (Å²) < 4.78 is 0. The SMILES string of the molecule is CNC(=O)C(C)CN(C)C(=O)C1CCCCN1.Cl. The van der Waals surface area contributed by atoms with Crippen molar-refractivity contribution in [3.05, 3.63) is 0 Å². The number of amides is 2. The second kappa shape index (κ2) is 8.32. The van der Waals surface area contributed by atoms with Crippen LogP contribution in [-0.2, 0) is 9.59 Å². The number of hydrogen-bond donors (Lipinski definition) is 2. The maximum absolute atomic E-state index is 12.1. The molecule has 2 amide bonds. The van der Waals surface area contributed by atoms with E-state index in [0.717, 1.165) is 25.8 Å². The second-order valence-electron chi connectivity index (χ2n) is 4.74. The molecule has 1 heterocycles. The van der Waals surface area contributed by atoms with Gasteiger partial charge >= 0.3 is 0 Å². The van der Waals surface area contributed by atoms with E-state index in [9.17, 15) is 9.59 Å². The molecule has 0 aromatic heterocycles. The molecule has 6 heteroatoms. The summed E-state index contributed by atoms with van der Waals surface area (Å²) in [4.78, 5) is 25.1. The topological polar surface area (TPSA) is 61.4 Å². The average molecular weight is 278 g/mol. The number of carbonyl (C=O) groups is 2. The van der Waals surface area contributed by atoms with Crippen LogP contribution in [0.2, 0.25) is 0 Å². The van der Waals surface area contributed by atoms with Crippen LogP contribution < -0.4 is 10.6 Å². The molecule has 106 valence electrons. The number of nitrogens with one attached hydrogen (secondary N) is 2. The maximum Gasteiger partial charge on any atom is 0.239 e. The highest BCUT2D eigenvalue weighted by Gasteiger charge is 2.25. The van der Waals surface area contributed by atoms with Crippen LogP contribution >= 0.6 is 12.4 Å². The van der Waals surface area contributed by atoms with Crippen molar-refractivity contribution in [2.75, 3.05) is 27.2 Å². The lowest BCUT2D eigenvalue weighted by Gasteiger charge is -2.28. The quantitative estimate of drug-likeness (QED) is 0.782. The third-order valence-electron chi connectivity index (χ3n) is 3.23. The summed E-state index contributed by atoms with van der Waals surface area (Å²) in [5.74, 6) is -0.0979. The first-order chi connectivity index (χ1) is 8.06. The maximum atomic E-state index is 12.1. The normalized spacial score (nSPS) is 20.5. The minimum atomic E-state index is -0.169. The van der Waals surface area contributed by atoms with E-state index in [-0.39, 0.29) is 36.2 Å². The van der Waals surface area contributed by atoms with Crippen LogP contribution in [0, 0.1) is 5.92 Å². The third kappa shape index (κ3) is 4.82. The summed E-state index contributed by atoms with van der Waals surface area (Å²) in [6.45, 7) is 3.21. The Balaban J connectivity index is 0.00000289. The van der Waals surface area contributed by atoms with Crippen molar-refractivity contribution in [2.45, 2.75) is 32.2 Å². The van der Waals surface area contributed by atoms with Crippen molar-refractivity contribution in [1.29, 1.82) is 0 Å². The summed E-state index contributed by atoms with van der Waals surface area (Å²) in [6, 6.07) is -0.0642. The lowest BCUT2D eigenvalue weighted by molar-refractivity contribution is -0.134. The standard InChI is InChI=1S/C12H23N3O2.ClH/c1-9(11(16)13-2)8-15(3)12(17)10-6-4-5-7-14-10;/h9-10,14H,4-8H2,1-3H3,(H,13,16);1H. The van der Waals surface area contributed by atoms with Gasteiger partial charge in [0.2, 0.25) is 11.8 Å². The van der Waals surface area contributed by atoms with E-state index >= 15 is 0 Å².